The highest BCUT2D eigenvalue weighted by Gasteiger charge is 2.20. The fourth-order valence-corrected chi connectivity index (χ4v) is 1.58. The molecule has 0 aliphatic heterocycles. The van der Waals surface area contributed by atoms with Crippen LogP contribution >= 0.6 is 0 Å². The van der Waals surface area contributed by atoms with Gasteiger partial charge in [-0.05, 0) is 13.8 Å². The molecule has 16 heavy (non-hydrogen) atoms. The number of fused-ring (bicyclic) bond motifs is 1. The van der Waals surface area contributed by atoms with Gasteiger partial charge in [-0.3, -0.25) is 9.59 Å². The molecule has 2 heterocycles. The zero-order chi connectivity index (χ0) is 11.7. The van der Waals surface area contributed by atoms with Crippen LogP contribution in [0, 0.1) is 6.92 Å². The molecule has 0 spiro atoms. The number of aryl methyl sites for hydroxylation is 1. The summed E-state index contributed by atoms with van der Waals surface area (Å²) < 4.78 is 5.26. The van der Waals surface area contributed by atoms with Crippen molar-refractivity contribution in [3.63, 3.8) is 0 Å². The number of aromatic nitrogens is 2. The maximum atomic E-state index is 11.7. The van der Waals surface area contributed by atoms with Crippen LogP contribution in [0.4, 0.5) is 0 Å². The van der Waals surface area contributed by atoms with Crippen molar-refractivity contribution in [1.29, 1.82) is 0 Å². The molecule has 2 rings (SSSR count). The van der Waals surface area contributed by atoms with Gasteiger partial charge in [-0.15, -0.1) is 0 Å². The predicted molar refractivity (Wildman–Crippen MR) is 57.4 cm³/mol. The number of nitrogens with zero attached hydrogens (tertiary/aromatic N) is 1. The van der Waals surface area contributed by atoms with Gasteiger partial charge in [0.05, 0.1) is 11.9 Å². The molecular formula is C10H11N3O3. The van der Waals surface area contributed by atoms with E-state index in [1.54, 1.807) is 13.8 Å². The minimum atomic E-state index is -0.372. The van der Waals surface area contributed by atoms with Crippen LogP contribution < -0.4 is 10.9 Å². The summed E-state index contributed by atoms with van der Waals surface area (Å²) in [6, 6.07) is 0. The topological polar surface area (TPSA) is 88.0 Å². The molecule has 0 saturated carbocycles. The number of aromatic amines is 1. The van der Waals surface area contributed by atoms with Gasteiger partial charge in [0, 0.05) is 6.54 Å². The Hall–Kier alpha value is -2.11. The van der Waals surface area contributed by atoms with E-state index in [-0.39, 0.29) is 28.1 Å². The molecule has 0 bridgehead atoms. The molecule has 0 saturated heterocycles. The number of carbonyl (C=O) groups excluding carboxylic acids is 1. The van der Waals surface area contributed by atoms with Crippen LogP contribution in [-0.2, 0) is 0 Å². The molecule has 0 radical (unpaired) electrons. The second-order valence-corrected chi connectivity index (χ2v) is 3.30. The smallest absolute Gasteiger partial charge is 0.262 e. The normalized spacial score (nSPS) is 10.6. The average molecular weight is 221 g/mol. The molecule has 84 valence electrons. The van der Waals surface area contributed by atoms with Gasteiger partial charge >= 0.3 is 0 Å². The van der Waals surface area contributed by atoms with Gasteiger partial charge in [-0.1, -0.05) is 0 Å². The number of hydrogen-bond acceptors (Lipinski definition) is 4. The van der Waals surface area contributed by atoms with Gasteiger partial charge in [0.15, 0.2) is 0 Å². The highest BCUT2D eigenvalue weighted by atomic mass is 16.3. The van der Waals surface area contributed by atoms with E-state index >= 15 is 0 Å². The lowest BCUT2D eigenvalue weighted by Crippen LogP contribution is -2.24. The van der Waals surface area contributed by atoms with Crippen LogP contribution in [0.1, 0.15) is 23.0 Å². The monoisotopic (exact) mass is 221 g/mol. The van der Waals surface area contributed by atoms with E-state index in [0.717, 1.165) is 0 Å². The summed E-state index contributed by atoms with van der Waals surface area (Å²) in [5, 5.41) is 2.83. The molecule has 0 atom stereocenters. The third-order valence-electron chi connectivity index (χ3n) is 2.23. The Morgan fingerprint density at radius 3 is 3.06 bits per heavy atom. The van der Waals surface area contributed by atoms with Crippen molar-refractivity contribution in [3.05, 3.63) is 28.0 Å². The van der Waals surface area contributed by atoms with Gasteiger partial charge in [-0.2, -0.15) is 0 Å². The van der Waals surface area contributed by atoms with E-state index < -0.39 is 0 Å². The fourth-order valence-electron chi connectivity index (χ4n) is 1.58. The first-order valence-corrected chi connectivity index (χ1v) is 4.90. The minimum absolute atomic E-state index is 0.183. The van der Waals surface area contributed by atoms with E-state index in [0.29, 0.717) is 12.3 Å². The SMILES string of the molecule is CCNC(=O)c1c(C)oc2nc[nH]c(=O)c12. The van der Waals surface area contributed by atoms with E-state index in [1.807, 2.05) is 0 Å². The van der Waals surface area contributed by atoms with Crippen molar-refractivity contribution >= 4 is 17.0 Å². The van der Waals surface area contributed by atoms with E-state index in [1.165, 1.54) is 6.33 Å². The summed E-state index contributed by atoms with van der Waals surface area (Å²) in [5.74, 6) is 0.0717. The molecule has 2 N–H and O–H groups in total. The number of nitrogens with one attached hydrogen (secondary N) is 2. The van der Waals surface area contributed by atoms with E-state index in [2.05, 4.69) is 15.3 Å². The first kappa shape index (κ1) is 10.4. The second-order valence-electron chi connectivity index (χ2n) is 3.30. The van der Waals surface area contributed by atoms with Crippen LogP contribution in [0.15, 0.2) is 15.5 Å². The summed E-state index contributed by atoms with van der Waals surface area (Å²) >= 11 is 0. The molecule has 2 aromatic rings. The van der Waals surface area contributed by atoms with E-state index in [4.69, 9.17) is 4.42 Å². The van der Waals surface area contributed by atoms with Crippen LogP contribution in [0.2, 0.25) is 0 Å². The number of rotatable bonds is 2. The summed E-state index contributed by atoms with van der Waals surface area (Å²) in [6.07, 6.45) is 1.25. The lowest BCUT2D eigenvalue weighted by Gasteiger charge is -1.99. The van der Waals surface area contributed by atoms with Gasteiger partial charge in [0.2, 0.25) is 5.71 Å². The van der Waals surface area contributed by atoms with Crippen molar-refractivity contribution in [2.75, 3.05) is 6.54 Å². The maximum Gasteiger partial charge on any atom is 0.262 e. The molecule has 6 nitrogen and oxygen atoms in total. The molecule has 6 heteroatoms. The number of amides is 1. The third-order valence-corrected chi connectivity index (χ3v) is 2.23. The van der Waals surface area contributed by atoms with Gasteiger partial charge in [0.25, 0.3) is 11.5 Å². The molecule has 2 aromatic heterocycles. The number of H-pyrrole nitrogens is 1. The lowest BCUT2D eigenvalue weighted by molar-refractivity contribution is 0.0955. The van der Waals surface area contributed by atoms with Crippen LogP contribution in [0.5, 0.6) is 0 Å². The number of furan rings is 1. The highest BCUT2D eigenvalue weighted by Crippen LogP contribution is 2.19. The standard InChI is InChI=1S/C10H11N3O3/c1-3-11-8(14)6-5(2)16-10-7(6)9(15)12-4-13-10/h4H,3H2,1-2H3,(H,11,14)(H,12,13,15). The van der Waals surface area contributed by atoms with Gasteiger partial charge < -0.3 is 14.7 Å². The Morgan fingerprint density at radius 1 is 1.62 bits per heavy atom. The first-order valence-electron chi connectivity index (χ1n) is 4.90. The lowest BCUT2D eigenvalue weighted by atomic mass is 10.2. The van der Waals surface area contributed by atoms with Crippen LogP contribution in [0.25, 0.3) is 11.1 Å². The Bertz CT molecular complexity index is 597. The molecule has 0 fully saturated rings. The van der Waals surface area contributed by atoms with Crippen molar-refractivity contribution in [3.8, 4) is 0 Å². The largest absolute Gasteiger partial charge is 0.442 e. The summed E-state index contributed by atoms with van der Waals surface area (Å²) in [7, 11) is 0. The number of hydrogen-bond donors (Lipinski definition) is 2. The van der Waals surface area contributed by atoms with Crippen LogP contribution in [-0.4, -0.2) is 22.4 Å². The van der Waals surface area contributed by atoms with Crippen molar-refractivity contribution in [1.82, 2.24) is 15.3 Å². The van der Waals surface area contributed by atoms with Crippen LogP contribution in [0.3, 0.4) is 0 Å². The zero-order valence-electron chi connectivity index (χ0n) is 8.96. The third kappa shape index (κ3) is 1.48. The van der Waals surface area contributed by atoms with Gasteiger partial charge in [0.1, 0.15) is 11.1 Å². The maximum absolute atomic E-state index is 11.7. The molecule has 0 unspecified atom stereocenters. The quantitative estimate of drug-likeness (QED) is 0.776. The number of carbonyl (C=O) groups is 1. The Labute approximate surface area is 90.7 Å². The zero-order valence-corrected chi connectivity index (χ0v) is 8.96. The fraction of sp³-hybridized carbons (Fsp3) is 0.300. The molecular weight excluding hydrogens is 210 g/mol. The predicted octanol–water partition coefficient (Wildman–Crippen LogP) is 0.574. The van der Waals surface area contributed by atoms with Crippen molar-refractivity contribution in [2.24, 2.45) is 0 Å². The average Bonchev–Trinajstić information content (AvgIpc) is 2.56. The minimum Gasteiger partial charge on any atom is -0.442 e. The molecule has 0 aromatic carbocycles. The second kappa shape index (κ2) is 3.80. The van der Waals surface area contributed by atoms with Crippen molar-refractivity contribution < 1.29 is 9.21 Å². The molecule has 1 amide bonds. The first-order chi connectivity index (χ1) is 7.65. The Morgan fingerprint density at radius 2 is 2.38 bits per heavy atom. The Kier molecular flexibility index (Phi) is 2.47. The van der Waals surface area contributed by atoms with Gasteiger partial charge in [-0.25, -0.2) is 4.98 Å². The van der Waals surface area contributed by atoms with E-state index in [9.17, 15) is 9.59 Å². The Balaban J connectivity index is 2.73. The molecule has 0 aliphatic carbocycles. The van der Waals surface area contributed by atoms with Crippen molar-refractivity contribution in [2.45, 2.75) is 13.8 Å². The highest BCUT2D eigenvalue weighted by molar-refractivity contribution is 6.06. The summed E-state index contributed by atoms with van der Waals surface area (Å²) in [5.41, 5.74) is 0.0665. The summed E-state index contributed by atoms with van der Waals surface area (Å²) in [6.45, 7) is 3.92. The summed E-state index contributed by atoms with van der Waals surface area (Å²) in [4.78, 5) is 29.6. The molecule has 0 aliphatic rings.